The average molecular weight is 427 g/mol. The summed E-state index contributed by atoms with van der Waals surface area (Å²) in [5.41, 5.74) is 2.12. The van der Waals surface area contributed by atoms with Gasteiger partial charge in [-0.15, -0.1) is 0 Å². The number of benzene rings is 2. The van der Waals surface area contributed by atoms with E-state index in [1.807, 2.05) is 30.3 Å². The molecule has 0 spiro atoms. The number of likely N-dealkylation sites (tertiary alicyclic amines) is 1. The van der Waals surface area contributed by atoms with Gasteiger partial charge in [0.05, 0.1) is 31.0 Å². The molecular weight excluding hydrogens is 392 g/mol. The van der Waals surface area contributed by atoms with Gasteiger partial charge in [0.15, 0.2) is 6.23 Å². The number of fused-ring (bicyclic) bond motifs is 1. The Hall–Kier alpha value is -2.28. The van der Waals surface area contributed by atoms with Crippen LogP contribution in [0.25, 0.3) is 0 Å². The monoisotopic (exact) mass is 426 g/mol. The van der Waals surface area contributed by atoms with Crippen molar-refractivity contribution in [3.63, 3.8) is 0 Å². The minimum absolute atomic E-state index is 0.0739. The number of nitrogens with one attached hydrogen (secondary N) is 1. The maximum atomic E-state index is 6.67. The van der Waals surface area contributed by atoms with Crippen molar-refractivity contribution in [2.75, 3.05) is 32.6 Å². The molecule has 1 N–H and O–H groups in total. The van der Waals surface area contributed by atoms with E-state index in [9.17, 15) is 0 Å². The molecular formula is C25H34N2O4. The molecule has 1 saturated heterocycles. The summed E-state index contributed by atoms with van der Waals surface area (Å²) >= 11 is 0. The molecule has 6 nitrogen and oxygen atoms in total. The van der Waals surface area contributed by atoms with Crippen LogP contribution in [0.2, 0.25) is 0 Å². The van der Waals surface area contributed by atoms with Gasteiger partial charge in [0, 0.05) is 20.2 Å². The summed E-state index contributed by atoms with van der Waals surface area (Å²) in [5, 5.41) is 3.72. The predicted molar refractivity (Wildman–Crippen MR) is 122 cm³/mol. The fourth-order valence-electron chi connectivity index (χ4n) is 4.35. The summed E-state index contributed by atoms with van der Waals surface area (Å²) in [7, 11) is 3.47. The van der Waals surface area contributed by atoms with E-state index in [0.717, 1.165) is 48.7 Å². The Morgan fingerprint density at radius 3 is 2.58 bits per heavy atom. The lowest BCUT2D eigenvalue weighted by Gasteiger charge is -2.37. The summed E-state index contributed by atoms with van der Waals surface area (Å²) in [6.07, 6.45) is 1.84. The van der Waals surface area contributed by atoms with Crippen molar-refractivity contribution in [1.82, 2.24) is 4.90 Å². The van der Waals surface area contributed by atoms with Gasteiger partial charge in [-0.2, -0.15) is 0 Å². The minimum atomic E-state index is -0.225. The lowest BCUT2D eigenvalue weighted by Crippen LogP contribution is -2.51. The predicted octanol–water partition coefficient (Wildman–Crippen LogP) is 4.47. The van der Waals surface area contributed by atoms with Gasteiger partial charge < -0.3 is 24.3 Å². The zero-order valence-electron chi connectivity index (χ0n) is 18.9. The van der Waals surface area contributed by atoms with Gasteiger partial charge in [-0.25, -0.2) is 0 Å². The number of methoxy groups -OCH3 is 2. The zero-order chi connectivity index (χ0) is 21.8. The molecule has 2 aliphatic rings. The van der Waals surface area contributed by atoms with Crippen molar-refractivity contribution in [2.24, 2.45) is 0 Å². The van der Waals surface area contributed by atoms with Crippen LogP contribution in [0.1, 0.15) is 38.3 Å². The maximum absolute atomic E-state index is 6.67. The molecule has 0 aromatic heterocycles. The molecule has 0 saturated carbocycles. The van der Waals surface area contributed by atoms with E-state index in [4.69, 9.17) is 18.9 Å². The molecule has 4 rings (SSSR count). The fourth-order valence-corrected chi connectivity index (χ4v) is 4.35. The van der Waals surface area contributed by atoms with Gasteiger partial charge >= 0.3 is 0 Å². The van der Waals surface area contributed by atoms with E-state index in [1.165, 1.54) is 0 Å². The van der Waals surface area contributed by atoms with Crippen LogP contribution in [0.5, 0.6) is 11.5 Å². The Morgan fingerprint density at radius 2 is 1.90 bits per heavy atom. The van der Waals surface area contributed by atoms with Gasteiger partial charge in [0.1, 0.15) is 17.6 Å². The van der Waals surface area contributed by atoms with Gasteiger partial charge in [-0.05, 0) is 49.6 Å². The number of rotatable bonds is 7. The van der Waals surface area contributed by atoms with Crippen LogP contribution in [-0.2, 0) is 9.47 Å². The molecule has 2 aliphatic heterocycles. The highest BCUT2D eigenvalue weighted by atomic mass is 16.6. The second kappa shape index (κ2) is 9.90. The first-order chi connectivity index (χ1) is 15.1. The van der Waals surface area contributed by atoms with Crippen LogP contribution in [0.4, 0.5) is 5.69 Å². The van der Waals surface area contributed by atoms with Crippen LogP contribution in [0, 0.1) is 0 Å². The molecule has 5 atom stereocenters. The summed E-state index contributed by atoms with van der Waals surface area (Å²) < 4.78 is 24.3. The summed E-state index contributed by atoms with van der Waals surface area (Å²) in [6, 6.07) is 16.3. The number of para-hydroxylation sites is 2. The van der Waals surface area contributed by atoms with E-state index >= 15 is 0 Å². The quantitative estimate of drug-likeness (QED) is 0.705. The molecule has 2 heterocycles. The standard InChI is InChI=1S/C25H34N2O4/c1-5-17(2)30-24-23(18-10-12-19(28-3)13-11-18)26-21-8-6-7-9-22(21)31-25(24)27-15-14-20(16-27)29-4/h6-13,17,20,23-26H,5,14-16H2,1-4H3. The Balaban J connectivity index is 1.75. The Bertz CT molecular complexity index is 844. The van der Waals surface area contributed by atoms with E-state index in [-0.39, 0.29) is 30.6 Å². The van der Waals surface area contributed by atoms with Crippen LogP contribution in [0.3, 0.4) is 0 Å². The average Bonchev–Trinajstić information content (AvgIpc) is 3.23. The van der Waals surface area contributed by atoms with Crippen LogP contribution >= 0.6 is 0 Å². The summed E-state index contributed by atoms with van der Waals surface area (Å²) in [5.74, 6) is 1.69. The third-order valence-corrected chi connectivity index (χ3v) is 6.36. The highest BCUT2D eigenvalue weighted by molar-refractivity contribution is 5.58. The van der Waals surface area contributed by atoms with Crippen molar-refractivity contribution in [2.45, 2.75) is 57.3 Å². The Kier molecular flexibility index (Phi) is 7.00. The molecule has 5 unspecified atom stereocenters. The molecule has 0 aliphatic carbocycles. The molecule has 2 aromatic carbocycles. The second-order valence-corrected chi connectivity index (χ2v) is 8.36. The molecule has 168 valence electrons. The van der Waals surface area contributed by atoms with Crippen molar-refractivity contribution < 1.29 is 18.9 Å². The van der Waals surface area contributed by atoms with Crippen LogP contribution < -0.4 is 14.8 Å². The second-order valence-electron chi connectivity index (χ2n) is 8.36. The zero-order valence-corrected chi connectivity index (χ0v) is 18.9. The Morgan fingerprint density at radius 1 is 1.13 bits per heavy atom. The molecule has 1 fully saturated rings. The lowest BCUT2D eigenvalue weighted by molar-refractivity contribution is -0.120. The summed E-state index contributed by atoms with van der Waals surface area (Å²) in [4.78, 5) is 2.36. The molecule has 2 aromatic rings. The molecule has 0 amide bonds. The van der Waals surface area contributed by atoms with Crippen LogP contribution in [-0.4, -0.2) is 56.7 Å². The minimum Gasteiger partial charge on any atom is -0.497 e. The van der Waals surface area contributed by atoms with Gasteiger partial charge in [-0.1, -0.05) is 31.2 Å². The highest BCUT2D eigenvalue weighted by Gasteiger charge is 2.43. The molecule has 6 heteroatoms. The number of hydrogen-bond acceptors (Lipinski definition) is 6. The largest absolute Gasteiger partial charge is 0.497 e. The molecule has 0 bridgehead atoms. The van der Waals surface area contributed by atoms with E-state index in [1.54, 1.807) is 14.2 Å². The van der Waals surface area contributed by atoms with Gasteiger partial charge in [-0.3, -0.25) is 4.90 Å². The van der Waals surface area contributed by atoms with E-state index in [2.05, 4.69) is 42.3 Å². The van der Waals surface area contributed by atoms with Crippen molar-refractivity contribution in [1.29, 1.82) is 0 Å². The third-order valence-electron chi connectivity index (χ3n) is 6.36. The number of anilines is 1. The van der Waals surface area contributed by atoms with Crippen molar-refractivity contribution >= 4 is 5.69 Å². The first-order valence-corrected chi connectivity index (χ1v) is 11.2. The maximum Gasteiger partial charge on any atom is 0.181 e. The van der Waals surface area contributed by atoms with Gasteiger partial charge in [0.2, 0.25) is 0 Å². The first-order valence-electron chi connectivity index (χ1n) is 11.2. The van der Waals surface area contributed by atoms with Crippen molar-refractivity contribution in [3.8, 4) is 11.5 Å². The SMILES string of the molecule is CCC(C)OC1C(c2ccc(OC)cc2)Nc2ccccc2OC1N1CCC(OC)C1. The number of ether oxygens (including phenoxy) is 4. The van der Waals surface area contributed by atoms with E-state index in [0.29, 0.717) is 0 Å². The lowest BCUT2D eigenvalue weighted by atomic mass is 9.98. The molecule has 31 heavy (non-hydrogen) atoms. The normalized spacial score (nSPS) is 27.0. The topological polar surface area (TPSA) is 52.2 Å². The number of nitrogens with zero attached hydrogens (tertiary/aromatic N) is 1. The number of hydrogen-bond donors (Lipinski definition) is 1. The van der Waals surface area contributed by atoms with Crippen molar-refractivity contribution in [3.05, 3.63) is 54.1 Å². The van der Waals surface area contributed by atoms with Crippen LogP contribution in [0.15, 0.2) is 48.5 Å². The van der Waals surface area contributed by atoms with E-state index < -0.39 is 0 Å². The summed E-state index contributed by atoms with van der Waals surface area (Å²) in [6.45, 7) is 6.03. The smallest absolute Gasteiger partial charge is 0.181 e. The highest BCUT2D eigenvalue weighted by Crippen LogP contribution is 2.39. The van der Waals surface area contributed by atoms with Gasteiger partial charge in [0.25, 0.3) is 0 Å². The Labute approximate surface area is 185 Å². The fraction of sp³-hybridized carbons (Fsp3) is 0.520. The third kappa shape index (κ3) is 4.81. The first kappa shape index (κ1) is 21.9. The molecule has 0 radical (unpaired) electrons.